The summed E-state index contributed by atoms with van der Waals surface area (Å²) < 4.78 is 28.1. The van der Waals surface area contributed by atoms with Crippen molar-refractivity contribution in [2.75, 3.05) is 11.0 Å². The smallest absolute Gasteiger partial charge is 0.253 e. The Bertz CT molecular complexity index is 1410. The van der Waals surface area contributed by atoms with Crippen molar-refractivity contribution in [3.05, 3.63) is 94.8 Å². The second kappa shape index (κ2) is 9.07. The first-order valence-electron chi connectivity index (χ1n) is 10.6. The number of fused-ring (bicyclic) bond motifs is 1. The van der Waals surface area contributed by atoms with E-state index in [2.05, 4.69) is 15.0 Å². The molecule has 0 bridgehead atoms. The van der Waals surface area contributed by atoms with Gasteiger partial charge in [0.2, 0.25) is 10.0 Å². The molecule has 0 aliphatic rings. The van der Waals surface area contributed by atoms with Gasteiger partial charge in [-0.1, -0.05) is 60.2 Å². The standard InChI is InChI=1S/C25H26N4O3S/c1-17-9-11-19(12-10-17)15-26-25(30)22-13-21(28-33(3,31)32)14-23-24(22)29(18(2)27-23)16-20-7-5-4-6-8-20/h4-14,28H,15-16H2,1-3H3,(H,26,30). The zero-order valence-corrected chi connectivity index (χ0v) is 19.6. The van der Waals surface area contributed by atoms with E-state index in [1.165, 1.54) is 0 Å². The third-order valence-corrected chi connectivity index (χ3v) is 5.94. The Balaban J connectivity index is 1.76. The van der Waals surface area contributed by atoms with E-state index in [0.29, 0.717) is 35.4 Å². The Morgan fingerprint density at radius 1 is 0.970 bits per heavy atom. The molecule has 170 valence electrons. The predicted octanol–water partition coefficient (Wildman–Crippen LogP) is 4.00. The van der Waals surface area contributed by atoms with Gasteiger partial charge in [-0.3, -0.25) is 9.52 Å². The van der Waals surface area contributed by atoms with Gasteiger partial charge in [-0.25, -0.2) is 13.4 Å². The van der Waals surface area contributed by atoms with Crippen LogP contribution in [0.5, 0.6) is 0 Å². The molecule has 4 rings (SSSR count). The number of carbonyl (C=O) groups is 1. The topological polar surface area (TPSA) is 93.1 Å². The van der Waals surface area contributed by atoms with Crippen molar-refractivity contribution in [2.45, 2.75) is 26.9 Å². The molecule has 0 aliphatic heterocycles. The minimum Gasteiger partial charge on any atom is -0.348 e. The normalized spacial score (nSPS) is 11.5. The third-order valence-electron chi connectivity index (χ3n) is 5.34. The lowest BCUT2D eigenvalue weighted by molar-refractivity contribution is 0.0952. The summed E-state index contributed by atoms with van der Waals surface area (Å²) >= 11 is 0. The summed E-state index contributed by atoms with van der Waals surface area (Å²) in [6, 6.07) is 21.1. The Labute approximate surface area is 193 Å². The zero-order chi connectivity index (χ0) is 23.6. The number of sulfonamides is 1. The number of aryl methyl sites for hydroxylation is 2. The number of aromatic nitrogens is 2. The van der Waals surface area contributed by atoms with Crippen LogP contribution in [0, 0.1) is 13.8 Å². The highest BCUT2D eigenvalue weighted by atomic mass is 32.2. The van der Waals surface area contributed by atoms with Crippen molar-refractivity contribution in [2.24, 2.45) is 0 Å². The molecule has 0 unspecified atom stereocenters. The number of amides is 1. The molecule has 0 saturated heterocycles. The van der Waals surface area contributed by atoms with Crippen molar-refractivity contribution in [1.82, 2.24) is 14.9 Å². The summed E-state index contributed by atoms with van der Waals surface area (Å²) in [6.45, 7) is 4.78. The fourth-order valence-corrected chi connectivity index (χ4v) is 4.32. The van der Waals surface area contributed by atoms with Crippen LogP contribution >= 0.6 is 0 Å². The summed E-state index contributed by atoms with van der Waals surface area (Å²) in [5.41, 5.74) is 5.08. The fourth-order valence-electron chi connectivity index (χ4n) is 3.77. The number of benzene rings is 3. The lowest BCUT2D eigenvalue weighted by Crippen LogP contribution is -2.24. The van der Waals surface area contributed by atoms with Crippen molar-refractivity contribution >= 4 is 32.7 Å². The average molecular weight is 463 g/mol. The van der Waals surface area contributed by atoms with E-state index in [4.69, 9.17) is 0 Å². The minimum atomic E-state index is -3.52. The predicted molar refractivity (Wildman–Crippen MR) is 131 cm³/mol. The summed E-state index contributed by atoms with van der Waals surface area (Å²) in [7, 11) is -3.52. The molecule has 1 amide bonds. The molecule has 0 fully saturated rings. The van der Waals surface area contributed by atoms with Gasteiger partial charge in [0.05, 0.1) is 28.5 Å². The van der Waals surface area contributed by atoms with Crippen LogP contribution in [0.2, 0.25) is 0 Å². The summed E-state index contributed by atoms with van der Waals surface area (Å²) in [6.07, 6.45) is 1.08. The maximum absolute atomic E-state index is 13.3. The number of anilines is 1. The van der Waals surface area contributed by atoms with E-state index in [-0.39, 0.29) is 5.91 Å². The Hall–Kier alpha value is -3.65. The first-order chi connectivity index (χ1) is 15.7. The lowest BCUT2D eigenvalue weighted by atomic mass is 10.1. The largest absolute Gasteiger partial charge is 0.348 e. The minimum absolute atomic E-state index is 0.299. The lowest BCUT2D eigenvalue weighted by Gasteiger charge is -2.13. The first-order valence-corrected chi connectivity index (χ1v) is 12.4. The molecule has 3 aromatic carbocycles. The number of hydrogen-bond acceptors (Lipinski definition) is 4. The van der Waals surface area contributed by atoms with Crippen molar-refractivity contribution < 1.29 is 13.2 Å². The number of nitrogens with one attached hydrogen (secondary N) is 2. The molecule has 7 nitrogen and oxygen atoms in total. The fraction of sp³-hybridized carbons (Fsp3) is 0.200. The van der Waals surface area contributed by atoms with Crippen LogP contribution in [0.4, 0.5) is 5.69 Å². The van der Waals surface area contributed by atoms with E-state index < -0.39 is 10.0 Å². The highest BCUT2D eigenvalue weighted by Gasteiger charge is 2.19. The van der Waals surface area contributed by atoms with Crippen LogP contribution in [-0.4, -0.2) is 30.1 Å². The van der Waals surface area contributed by atoms with Gasteiger partial charge in [0.1, 0.15) is 5.82 Å². The molecule has 1 heterocycles. The van der Waals surface area contributed by atoms with Gasteiger partial charge in [-0.05, 0) is 37.1 Å². The second-order valence-electron chi connectivity index (χ2n) is 8.16. The van der Waals surface area contributed by atoms with Gasteiger partial charge >= 0.3 is 0 Å². The molecule has 33 heavy (non-hydrogen) atoms. The summed E-state index contributed by atoms with van der Waals surface area (Å²) in [5, 5.41) is 2.96. The number of nitrogens with zero attached hydrogens (tertiary/aromatic N) is 2. The number of carbonyl (C=O) groups excluding carboxylic acids is 1. The zero-order valence-electron chi connectivity index (χ0n) is 18.8. The van der Waals surface area contributed by atoms with Crippen molar-refractivity contribution in [1.29, 1.82) is 0 Å². The van der Waals surface area contributed by atoms with Gasteiger partial charge < -0.3 is 9.88 Å². The number of imidazole rings is 1. The van der Waals surface area contributed by atoms with Gasteiger partial charge in [0.15, 0.2) is 0 Å². The van der Waals surface area contributed by atoms with Crippen molar-refractivity contribution in [3.63, 3.8) is 0 Å². The number of rotatable bonds is 7. The van der Waals surface area contributed by atoms with Crippen LogP contribution in [0.25, 0.3) is 11.0 Å². The molecule has 4 aromatic rings. The quantitative estimate of drug-likeness (QED) is 0.434. The molecule has 0 aliphatic carbocycles. The molecule has 2 N–H and O–H groups in total. The summed E-state index contributed by atoms with van der Waals surface area (Å²) in [4.78, 5) is 17.9. The molecule has 0 saturated carbocycles. The van der Waals surface area contributed by atoms with E-state index in [0.717, 1.165) is 28.8 Å². The average Bonchev–Trinajstić information content (AvgIpc) is 3.07. The summed E-state index contributed by atoms with van der Waals surface area (Å²) in [5.74, 6) is 0.435. The maximum atomic E-state index is 13.3. The van der Waals surface area contributed by atoms with Crippen LogP contribution in [0.3, 0.4) is 0 Å². The Kier molecular flexibility index (Phi) is 6.20. The molecule has 1 aromatic heterocycles. The highest BCUT2D eigenvalue weighted by molar-refractivity contribution is 7.92. The molecule has 8 heteroatoms. The number of hydrogen-bond donors (Lipinski definition) is 2. The van der Waals surface area contributed by atoms with Crippen molar-refractivity contribution in [3.8, 4) is 0 Å². The van der Waals surface area contributed by atoms with Crippen LogP contribution in [-0.2, 0) is 23.1 Å². The molecular weight excluding hydrogens is 436 g/mol. The highest BCUT2D eigenvalue weighted by Crippen LogP contribution is 2.27. The van der Waals surface area contributed by atoms with E-state index in [1.54, 1.807) is 12.1 Å². The van der Waals surface area contributed by atoms with E-state index in [9.17, 15) is 13.2 Å². The Morgan fingerprint density at radius 3 is 2.33 bits per heavy atom. The molecular formula is C25H26N4O3S. The van der Waals surface area contributed by atoms with E-state index in [1.807, 2.05) is 73.0 Å². The SMILES string of the molecule is Cc1ccc(CNC(=O)c2cc(NS(C)(=O)=O)cc3nc(C)n(Cc4ccccc4)c23)cc1. The first kappa shape index (κ1) is 22.5. The second-order valence-corrected chi connectivity index (χ2v) is 9.91. The van der Waals surface area contributed by atoms with Crippen LogP contribution in [0.1, 0.15) is 32.9 Å². The van der Waals surface area contributed by atoms with Crippen LogP contribution in [0.15, 0.2) is 66.7 Å². The molecule has 0 spiro atoms. The van der Waals surface area contributed by atoms with Gasteiger partial charge in [0, 0.05) is 13.1 Å². The van der Waals surface area contributed by atoms with Crippen LogP contribution < -0.4 is 10.0 Å². The van der Waals surface area contributed by atoms with E-state index >= 15 is 0 Å². The third kappa shape index (κ3) is 5.40. The van der Waals surface area contributed by atoms with Gasteiger partial charge in [0.25, 0.3) is 5.91 Å². The van der Waals surface area contributed by atoms with Gasteiger partial charge in [-0.15, -0.1) is 0 Å². The van der Waals surface area contributed by atoms with Gasteiger partial charge in [-0.2, -0.15) is 0 Å². The Morgan fingerprint density at radius 2 is 1.67 bits per heavy atom. The molecule has 0 radical (unpaired) electrons. The molecule has 0 atom stereocenters. The maximum Gasteiger partial charge on any atom is 0.253 e. The monoisotopic (exact) mass is 462 g/mol.